The maximum atomic E-state index is 13.2. The first-order chi connectivity index (χ1) is 13.4. The van der Waals surface area contributed by atoms with E-state index in [2.05, 4.69) is 24.2 Å². The van der Waals surface area contributed by atoms with Crippen LogP contribution in [0.15, 0.2) is 16.1 Å². The predicted molar refractivity (Wildman–Crippen MR) is 112 cm³/mol. The van der Waals surface area contributed by atoms with E-state index in [0.29, 0.717) is 29.6 Å². The summed E-state index contributed by atoms with van der Waals surface area (Å²) in [4.78, 5) is 17.4. The number of aliphatic imine (C=N–C) groups is 1. The average molecular weight is 388 g/mol. The summed E-state index contributed by atoms with van der Waals surface area (Å²) in [6, 6.07) is 0.394. The number of rotatable bonds is 7. The molecule has 4 aliphatic rings. The number of Topliss-reactive ketones (excluding diaryl/α,β-unsaturated/α-hetero) is 1. The van der Waals surface area contributed by atoms with Gasteiger partial charge in [-0.1, -0.05) is 19.4 Å². The van der Waals surface area contributed by atoms with Gasteiger partial charge < -0.3 is 16.2 Å². The van der Waals surface area contributed by atoms with Gasteiger partial charge in [-0.25, -0.2) is 0 Å². The lowest BCUT2D eigenvalue weighted by Crippen LogP contribution is -2.46. The number of nitrogens with zero attached hydrogens (tertiary/aromatic N) is 1. The Labute approximate surface area is 169 Å². The van der Waals surface area contributed by atoms with Crippen LogP contribution >= 0.6 is 0 Å². The Morgan fingerprint density at radius 1 is 1.21 bits per heavy atom. The lowest BCUT2D eigenvalue weighted by Gasteiger charge is -2.52. The van der Waals surface area contributed by atoms with Gasteiger partial charge in [-0.3, -0.25) is 9.79 Å². The molecule has 0 aromatic carbocycles. The molecule has 4 atom stereocenters. The fourth-order valence-electron chi connectivity index (χ4n) is 7.15. The quantitative estimate of drug-likeness (QED) is 0.625. The van der Waals surface area contributed by atoms with Gasteiger partial charge in [0, 0.05) is 31.0 Å². The standard InChI is InChI=1S/C23H37N3O2/c1-22(2)16-9-8-15(5-4-12-27)23(22)14-20(28)18(19(23)13-16)7-3-6-17-10-11-25-21(24)26-17/h15-17,27H,3-14H2,1-2H3,(H3,24,25,26). The third-order valence-corrected chi connectivity index (χ3v) is 8.66. The van der Waals surface area contributed by atoms with Crippen molar-refractivity contribution in [1.82, 2.24) is 5.32 Å². The molecule has 28 heavy (non-hydrogen) atoms. The Bertz CT molecular complexity index is 696. The van der Waals surface area contributed by atoms with Gasteiger partial charge in [0.15, 0.2) is 11.7 Å². The minimum Gasteiger partial charge on any atom is -0.396 e. The summed E-state index contributed by atoms with van der Waals surface area (Å²) in [5.41, 5.74) is 8.77. The van der Waals surface area contributed by atoms with Crippen LogP contribution in [-0.2, 0) is 4.79 Å². The van der Waals surface area contributed by atoms with E-state index in [4.69, 9.17) is 5.73 Å². The van der Waals surface area contributed by atoms with E-state index >= 15 is 0 Å². The van der Waals surface area contributed by atoms with Gasteiger partial charge in [0.2, 0.25) is 0 Å². The van der Waals surface area contributed by atoms with Gasteiger partial charge in [0.05, 0.1) is 0 Å². The lowest BCUT2D eigenvalue weighted by atomic mass is 9.51. The van der Waals surface area contributed by atoms with Gasteiger partial charge in [-0.2, -0.15) is 0 Å². The number of carbonyl (C=O) groups is 1. The summed E-state index contributed by atoms with van der Waals surface area (Å²) in [5, 5.41) is 12.7. The van der Waals surface area contributed by atoms with E-state index < -0.39 is 0 Å². The fourth-order valence-corrected chi connectivity index (χ4v) is 7.15. The summed E-state index contributed by atoms with van der Waals surface area (Å²) in [5.74, 6) is 2.25. The molecule has 1 spiro atoms. The largest absolute Gasteiger partial charge is 0.396 e. The first kappa shape index (κ1) is 19.9. The number of ketones is 1. The number of allylic oxidation sites excluding steroid dienone is 2. The number of hydrogen-bond donors (Lipinski definition) is 3. The van der Waals surface area contributed by atoms with Crippen LogP contribution in [-0.4, -0.2) is 36.0 Å². The number of aliphatic hydroxyl groups is 1. The molecule has 0 aromatic rings. The van der Waals surface area contributed by atoms with Gasteiger partial charge in [-0.15, -0.1) is 0 Å². The van der Waals surface area contributed by atoms with Crippen LogP contribution in [0, 0.1) is 22.7 Å². The zero-order valence-electron chi connectivity index (χ0n) is 17.6. The minimum absolute atomic E-state index is 0.0671. The molecule has 2 bridgehead atoms. The van der Waals surface area contributed by atoms with Crippen LogP contribution in [0.2, 0.25) is 0 Å². The van der Waals surface area contributed by atoms with Gasteiger partial charge in [-0.05, 0) is 80.6 Å². The van der Waals surface area contributed by atoms with E-state index in [-0.39, 0.29) is 17.4 Å². The van der Waals surface area contributed by atoms with Crippen LogP contribution in [0.25, 0.3) is 0 Å². The Kier molecular flexibility index (Phi) is 5.32. The van der Waals surface area contributed by atoms with Crippen LogP contribution in [0.3, 0.4) is 0 Å². The summed E-state index contributed by atoms with van der Waals surface area (Å²) in [7, 11) is 0. The molecule has 4 unspecified atom stereocenters. The highest BCUT2D eigenvalue weighted by Gasteiger charge is 2.66. The Balaban J connectivity index is 1.52. The van der Waals surface area contributed by atoms with Crippen molar-refractivity contribution in [2.24, 2.45) is 33.4 Å². The summed E-state index contributed by atoms with van der Waals surface area (Å²) >= 11 is 0. The second kappa shape index (κ2) is 7.47. The predicted octanol–water partition coefficient (Wildman–Crippen LogP) is 3.32. The third kappa shape index (κ3) is 3.01. The summed E-state index contributed by atoms with van der Waals surface area (Å²) < 4.78 is 0. The van der Waals surface area contributed by atoms with E-state index in [1.165, 1.54) is 24.0 Å². The zero-order chi connectivity index (χ0) is 19.9. The number of fused-ring (bicyclic) bond motifs is 1. The van der Waals surface area contributed by atoms with Crippen molar-refractivity contribution in [3.8, 4) is 0 Å². The number of hydrogen-bond acceptors (Lipinski definition) is 5. The highest BCUT2D eigenvalue weighted by atomic mass is 16.2. The molecule has 0 radical (unpaired) electrons. The lowest BCUT2D eigenvalue weighted by molar-refractivity contribution is -0.120. The molecular weight excluding hydrogens is 350 g/mol. The molecule has 2 fully saturated rings. The van der Waals surface area contributed by atoms with Crippen LogP contribution in [0.5, 0.6) is 0 Å². The molecule has 3 aliphatic carbocycles. The molecule has 0 saturated heterocycles. The van der Waals surface area contributed by atoms with Crippen LogP contribution in [0.4, 0.5) is 0 Å². The first-order valence-corrected chi connectivity index (χ1v) is 11.3. The summed E-state index contributed by atoms with van der Waals surface area (Å²) in [6.07, 6.45) is 10.3. The number of guanidine groups is 1. The third-order valence-electron chi connectivity index (χ3n) is 8.66. The number of carbonyl (C=O) groups excluding carboxylic acids is 1. The molecule has 4 rings (SSSR count). The van der Waals surface area contributed by atoms with E-state index in [9.17, 15) is 9.90 Å². The molecule has 1 aliphatic heterocycles. The second-order valence-electron chi connectivity index (χ2n) is 10.1. The number of nitrogens with two attached hydrogens (primary N) is 1. The maximum absolute atomic E-state index is 13.2. The van der Waals surface area contributed by atoms with Crippen molar-refractivity contribution in [2.45, 2.75) is 84.1 Å². The van der Waals surface area contributed by atoms with Gasteiger partial charge in [0.25, 0.3) is 0 Å². The van der Waals surface area contributed by atoms with E-state index in [0.717, 1.165) is 57.9 Å². The maximum Gasteiger partial charge on any atom is 0.188 e. The molecule has 5 nitrogen and oxygen atoms in total. The van der Waals surface area contributed by atoms with Crippen molar-refractivity contribution in [3.63, 3.8) is 0 Å². The van der Waals surface area contributed by atoms with Crippen molar-refractivity contribution in [2.75, 3.05) is 13.2 Å². The Morgan fingerprint density at radius 3 is 2.79 bits per heavy atom. The molecule has 4 N–H and O–H groups in total. The van der Waals surface area contributed by atoms with Gasteiger partial charge in [0.1, 0.15) is 0 Å². The first-order valence-electron chi connectivity index (χ1n) is 11.3. The normalized spacial score (nSPS) is 36.3. The molecule has 156 valence electrons. The minimum atomic E-state index is 0.0671. The molecule has 5 heteroatoms. The van der Waals surface area contributed by atoms with Crippen molar-refractivity contribution < 1.29 is 9.90 Å². The van der Waals surface area contributed by atoms with Gasteiger partial charge >= 0.3 is 0 Å². The van der Waals surface area contributed by atoms with Crippen molar-refractivity contribution >= 4 is 11.7 Å². The smallest absolute Gasteiger partial charge is 0.188 e. The second-order valence-corrected chi connectivity index (χ2v) is 10.1. The molecular formula is C23H37N3O2. The Hall–Kier alpha value is -1.36. The number of nitrogens with one attached hydrogen (secondary N) is 1. The molecule has 1 heterocycles. The average Bonchev–Trinajstić information content (AvgIpc) is 2.96. The monoisotopic (exact) mass is 387 g/mol. The highest BCUT2D eigenvalue weighted by Crippen LogP contribution is 2.73. The highest BCUT2D eigenvalue weighted by molar-refractivity contribution is 6.00. The van der Waals surface area contributed by atoms with Crippen molar-refractivity contribution in [3.05, 3.63) is 11.1 Å². The topological polar surface area (TPSA) is 87.7 Å². The number of aliphatic hydroxyl groups excluding tert-OH is 1. The molecule has 0 amide bonds. The molecule has 2 saturated carbocycles. The summed E-state index contributed by atoms with van der Waals surface area (Å²) in [6.45, 7) is 5.90. The van der Waals surface area contributed by atoms with E-state index in [1.807, 2.05) is 0 Å². The van der Waals surface area contributed by atoms with Crippen LogP contribution < -0.4 is 11.1 Å². The van der Waals surface area contributed by atoms with Crippen LogP contribution in [0.1, 0.15) is 78.1 Å². The fraction of sp³-hybridized carbons (Fsp3) is 0.826. The zero-order valence-corrected chi connectivity index (χ0v) is 17.6. The molecule has 0 aromatic heterocycles. The SMILES string of the molecule is CC1(C)C2CCC(CCCO)C13CC(=O)C(CCCC1CCN=C(N)N1)=C3C2. The van der Waals surface area contributed by atoms with E-state index in [1.54, 1.807) is 0 Å². The van der Waals surface area contributed by atoms with Crippen molar-refractivity contribution in [1.29, 1.82) is 0 Å². The Morgan fingerprint density at radius 2 is 2.04 bits per heavy atom.